The van der Waals surface area contributed by atoms with Gasteiger partial charge in [-0.05, 0) is 36.8 Å². The number of aryl methyl sites for hydroxylation is 2. The van der Waals surface area contributed by atoms with E-state index in [1.54, 1.807) is 6.20 Å². The summed E-state index contributed by atoms with van der Waals surface area (Å²) < 4.78 is 14.0. The number of hydrogen-bond donors (Lipinski definition) is 0. The summed E-state index contributed by atoms with van der Waals surface area (Å²) in [4.78, 5) is 4.22. The van der Waals surface area contributed by atoms with E-state index in [1.807, 2.05) is 60.4 Å². The lowest BCUT2D eigenvalue weighted by molar-refractivity contribution is -0.660. The van der Waals surface area contributed by atoms with Gasteiger partial charge < -0.3 is 9.47 Å². The molecule has 0 amide bonds. The van der Waals surface area contributed by atoms with Crippen molar-refractivity contribution in [1.29, 1.82) is 0 Å². The van der Waals surface area contributed by atoms with Gasteiger partial charge in [0.25, 0.3) is 0 Å². The third-order valence-corrected chi connectivity index (χ3v) is 3.81. The highest BCUT2D eigenvalue weighted by Gasteiger charge is 2.22. The highest BCUT2D eigenvalue weighted by atomic mass is 16.6. The van der Waals surface area contributed by atoms with Gasteiger partial charge in [0.1, 0.15) is 7.05 Å². The molecule has 22 heavy (non-hydrogen) atoms. The minimum absolute atomic E-state index is 0.725. The minimum Gasteiger partial charge on any atom is -0.450 e. The van der Waals surface area contributed by atoms with E-state index in [9.17, 15) is 0 Å². The maximum Gasteiger partial charge on any atom is 0.231 e. The fourth-order valence-electron chi connectivity index (χ4n) is 2.64. The number of fused-ring (bicyclic) bond motifs is 2. The van der Waals surface area contributed by atoms with E-state index < -0.39 is 0 Å². The fourth-order valence-corrected chi connectivity index (χ4v) is 2.64. The Kier molecular flexibility index (Phi) is 2.82. The van der Waals surface area contributed by atoms with Gasteiger partial charge in [-0.2, -0.15) is 4.57 Å². The van der Waals surface area contributed by atoms with Crippen molar-refractivity contribution in [1.82, 2.24) is 4.98 Å². The summed E-state index contributed by atoms with van der Waals surface area (Å²) in [5.74, 6) is 2.95. The van der Waals surface area contributed by atoms with Crippen LogP contribution in [0.2, 0.25) is 0 Å². The largest absolute Gasteiger partial charge is 0.450 e. The summed E-state index contributed by atoms with van der Waals surface area (Å²) >= 11 is 0. The first-order chi connectivity index (χ1) is 10.7. The van der Waals surface area contributed by atoms with Crippen LogP contribution in [0.1, 0.15) is 5.56 Å². The molecular weight excluding hydrogens is 276 g/mol. The van der Waals surface area contributed by atoms with Crippen molar-refractivity contribution in [2.75, 3.05) is 0 Å². The molecule has 4 nitrogen and oxygen atoms in total. The molecule has 0 saturated carbocycles. The van der Waals surface area contributed by atoms with Gasteiger partial charge in [0.15, 0.2) is 29.2 Å². The van der Waals surface area contributed by atoms with Crippen LogP contribution in [0.15, 0.2) is 55.0 Å². The summed E-state index contributed by atoms with van der Waals surface area (Å²) in [6, 6.07) is 11.7. The topological polar surface area (TPSA) is 35.2 Å². The smallest absolute Gasteiger partial charge is 0.231 e. The van der Waals surface area contributed by atoms with Crippen LogP contribution in [0.3, 0.4) is 0 Å². The van der Waals surface area contributed by atoms with Gasteiger partial charge in [-0.3, -0.25) is 4.98 Å². The molecule has 4 rings (SSSR count). The molecule has 0 unspecified atom stereocenters. The molecule has 108 valence electrons. The van der Waals surface area contributed by atoms with Crippen LogP contribution in [0.25, 0.3) is 11.3 Å². The van der Waals surface area contributed by atoms with Crippen molar-refractivity contribution < 1.29 is 14.0 Å². The number of para-hydroxylation sites is 2. The van der Waals surface area contributed by atoms with Crippen LogP contribution in [-0.4, -0.2) is 4.98 Å². The molecule has 2 aromatic carbocycles. The van der Waals surface area contributed by atoms with Crippen molar-refractivity contribution >= 4 is 0 Å². The van der Waals surface area contributed by atoms with Crippen LogP contribution in [0.5, 0.6) is 23.0 Å². The zero-order valence-electron chi connectivity index (χ0n) is 12.4. The van der Waals surface area contributed by atoms with E-state index in [2.05, 4.69) is 11.9 Å². The quantitative estimate of drug-likeness (QED) is 0.501. The van der Waals surface area contributed by atoms with Crippen LogP contribution in [0.4, 0.5) is 0 Å². The normalized spacial score (nSPS) is 11.9. The van der Waals surface area contributed by atoms with E-state index in [0.717, 1.165) is 39.8 Å². The number of ether oxygens (including phenoxy) is 2. The van der Waals surface area contributed by atoms with Crippen molar-refractivity contribution in [3.05, 3.63) is 60.6 Å². The van der Waals surface area contributed by atoms with Gasteiger partial charge in [-0.1, -0.05) is 12.1 Å². The van der Waals surface area contributed by atoms with Gasteiger partial charge in [-0.25, -0.2) is 0 Å². The van der Waals surface area contributed by atoms with Gasteiger partial charge in [0.05, 0.1) is 18.0 Å². The molecule has 1 aliphatic rings. The van der Waals surface area contributed by atoms with E-state index in [1.165, 1.54) is 0 Å². The standard InChI is InChI=1S/C18H15N2O2/c1-12-9-17-18(22-16-6-4-3-5-15(16)21-17)10-13(12)14-11-19-7-8-20(14)2/h3-11H,1-2H3/q+1. The first-order valence-corrected chi connectivity index (χ1v) is 7.12. The Morgan fingerprint density at radius 1 is 0.955 bits per heavy atom. The third kappa shape index (κ3) is 2.00. The van der Waals surface area contributed by atoms with Crippen molar-refractivity contribution in [3.63, 3.8) is 0 Å². The van der Waals surface area contributed by atoms with Gasteiger partial charge in [0.2, 0.25) is 5.69 Å². The van der Waals surface area contributed by atoms with Crippen LogP contribution >= 0.6 is 0 Å². The predicted molar refractivity (Wildman–Crippen MR) is 82.2 cm³/mol. The van der Waals surface area contributed by atoms with Gasteiger partial charge in [0, 0.05) is 0 Å². The molecule has 0 bridgehead atoms. The zero-order valence-corrected chi connectivity index (χ0v) is 12.4. The molecule has 1 aliphatic heterocycles. The molecule has 0 spiro atoms. The SMILES string of the molecule is Cc1cc2c(cc1-c1cncc[n+]1C)Oc1ccccc1O2. The monoisotopic (exact) mass is 291 g/mol. The Bertz CT molecular complexity index is 875. The predicted octanol–water partition coefficient (Wildman–Crippen LogP) is 3.78. The number of nitrogens with zero attached hydrogens (tertiary/aromatic N) is 2. The third-order valence-electron chi connectivity index (χ3n) is 3.81. The lowest BCUT2D eigenvalue weighted by atomic mass is 10.0. The van der Waals surface area contributed by atoms with Crippen molar-refractivity contribution in [3.8, 4) is 34.3 Å². The first-order valence-electron chi connectivity index (χ1n) is 7.12. The molecule has 0 aliphatic carbocycles. The lowest BCUT2D eigenvalue weighted by Crippen LogP contribution is -2.30. The number of rotatable bonds is 1. The Balaban J connectivity index is 1.84. The Hall–Kier alpha value is -2.88. The molecule has 0 N–H and O–H groups in total. The maximum absolute atomic E-state index is 5.98. The summed E-state index contributed by atoms with van der Waals surface area (Å²) in [6.45, 7) is 2.06. The van der Waals surface area contributed by atoms with Gasteiger partial charge in [-0.15, -0.1) is 0 Å². The second kappa shape index (κ2) is 4.84. The first kappa shape index (κ1) is 12.8. The highest BCUT2D eigenvalue weighted by Crippen LogP contribution is 2.46. The fraction of sp³-hybridized carbons (Fsp3) is 0.111. The average Bonchev–Trinajstić information content (AvgIpc) is 2.53. The summed E-state index contributed by atoms with van der Waals surface area (Å²) in [5.41, 5.74) is 3.23. The lowest BCUT2D eigenvalue weighted by Gasteiger charge is -2.21. The highest BCUT2D eigenvalue weighted by molar-refractivity contribution is 5.68. The molecule has 0 fully saturated rings. The molecular formula is C18H15N2O2+. The molecule has 0 atom stereocenters. The van der Waals surface area contributed by atoms with Crippen molar-refractivity contribution in [2.45, 2.75) is 6.92 Å². The molecule has 0 saturated heterocycles. The molecule has 3 aromatic rings. The van der Waals surface area contributed by atoms with E-state index in [-0.39, 0.29) is 0 Å². The Labute approximate surface area is 128 Å². The van der Waals surface area contributed by atoms with Crippen LogP contribution in [0, 0.1) is 6.92 Å². The molecule has 2 heterocycles. The van der Waals surface area contributed by atoms with E-state index in [0.29, 0.717) is 0 Å². The summed E-state index contributed by atoms with van der Waals surface area (Å²) in [6.07, 6.45) is 5.56. The maximum atomic E-state index is 5.98. The second-order valence-corrected chi connectivity index (χ2v) is 5.34. The Morgan fingerprint density at radius 3 is 2.32 bits per heavy atom. The van der Waals surface area contributed by atoms with Crippen LogP contribution < -0.4 is 14.0 Å². The van der Waals surface area contributed by atoms with Gasteiger partial charge >= 0.3 is 0 Å². The number of hydrogen-bond acceptors (Lipinski definition) is 3. The summed E-state index contributed by atoms with van der Waals surface area (Å²) in [7, 11) is 2.00. The van der Waals surface area contributed by atoms with Crippen LogP contribution in [-0.2, 0) is 7.05 Å². The average molecular weight is 291 g/mol. The number of benzene rings is 2. The van der Waals surface area contributed by atoms with E-state index >= 15 is 0 Å². The molecule has 4 heteroatoms. The minimum atomic E-state index is 0.725. The second-order valence-electron chi connectivity index (χ2n) is 5.34. The summed E-state index contributed by atoms with van der Waals surface area (Å²) in [5, 5.41) is 0. The Morgan fingerprint density at radius 2 is 1.64 bits per heavy atom. The molecule has 0 radical (unpaired) electrons. The number of aromatic nitrogens is 2. The van der Waals surface area contributed by atoms with Crippen molar-refractivity contribution in [2.24, 2.45) is 7.05 Å². The zero-order chi connectivity index (χ0) is 15.1. The molecule has 1 aromatic heterocycles. The van der Waals surface area contributed by atoms with E-state index in [4.69, 9.17) is 9.47 Å².